The Hall–Kier alpha value is -2.00. The Kier molecular flexibility index (Phi) is 6.94. The highest BCUT2D eigenvalue weighted by Crippen LogP contribution is 2.30. The van der Waals surface area contributed by atoms with Gasteiger partial charge in [-0.1, -0.05) is 37.3 Å². The molecule has 1 atom stereocenters. The van der Waals surface area contributed by atoms with E-state index in [1.54, 1.807) is 0 Å². The highest BCUT2D eigenvalue weighted by molar-refractivity contribution is 7.89. The zero-order valence-corrected chi connectivity index (χ0v) is 16.5. The van der Waals surface area contributed by atoms with Crippen LogP contribution in [0, 0.1) is 10.1 Å². The summed E-state index contributed by atoms with van der Waals surface area (Å²) in [5.74, 6) is 0. The summed E-state index contributed by atoms with van der Waals surface area (Å²) in [4.78, 5) is 10.4. The average molecular weight is 412 g/mol. The van der Waals surface area contributed by atoms with Crippen LogP contribution >= 0.6 is 12.4 Å². The number of benzene rings is 2. The molecule has 0 aromatic heterocycles. The van der Waals surface area contributed by atoms with E-state index in [1.807, 2.05) is 24.3 Å². The molecular weight excluding hydrogens is 390 g/mol. The van der Waals surface area contributed by atoms with E-state index in [2.05, 4.69) is 12.2 Å². The Bertz CT molecular complexity index is 903. The van der Waals surface area contributed by atoms with Gasteiger partial charge in [-0.2, -0.15) is 4.31 Å². The maximum Gasteiger partial charge on any atom is 0.270 e. The number of nitro groups is 1. The van der Waals surface area contributed by atoms with Crippen LogP contribution in [-0.4, -0.2) is 37.3 Å². The molecule has 1 aliphatic rings. The van der Waals surface area contributed by atoms with Crippen LogP contribution in [0.25, 0.3) is 0 Å². The van der Waals surface area contributed by atoms with E-state index in [9.17, 15) is 18.5 Å². The predicted octanol–water partition coefficient (Wildman–Crippen LogP) is 2.91. The molecule has 1 unspecified atom stereocenters. The van der Waals surface area contributed by atoms with Crippen molar-refractivity contribution in [3.63, 3.8) is 0 Å². The first-order chi connectivity index (χ1) is 12.4. The van der Waals surface area contributed by atoms with Crippen LogP contribution in [0.3, 0.4) is 0 Å². The summed E-state index contributed by atoms with van der Waals surface area (Å²) in [5, 5.41) is 14.2. The normalized spacial score (nSPS) is 17.9. The first-order valence-electron chi connectivity index (χ1n) is 8.49. The minimum absolute atomic E-state index is 0. The highest BCUT2D eigenvalue weighted by Gasteiger charge is 2.35. The number of piperazine rings is 1. The molecule has 0 aliphatic carbocycles. The van der Waals surface area contributed by atoms with Gasteiger partial charge in [-0.05, 0) is 23.6 Å². The third kappa shape index (κ3) is 4.47. The van der Waals surface area contributed by atoms with Gasteiger partial charge >= 0.3 is 0 Å². The van der Waals surface area contributed by atoms with Crippen molar-refractivity contribution in [3.8, 4) is 0 Å². The number of nitro benzene ring substituents is 1. The van der Waals surface area contributed by atoms with Gasteiger partial charge in [0.05, 0.1) is 15.9 Å². The molecule has 0 radical (unpaired) electrons. The van der Waals surface area contributed by atoms with Crippen LogP contribution in [0.5, 0.6) is 0 Å². The van der Waals surface area contributed by atoms with Gasteiger partial charge in [-0.15, -0.1) is 12.4 Å². The first kappa shape index (κ1) is 21.3. The molecule has 2 aromatic rings. The Morgan fingerprint density at radius 1 is 1.22 bits per heavy atom. The van der Waals surface area contributed by atoms with Gasteiger partial charge in [0.15, 0.2) is 0 Å². The van der Waals surface area contributed by atoms with E-state index in [0.29, 0.717) is 19.6 Å². The van der Waals surface area contributed by atoms with Crippen LogP contribution in [0.4, 0.5) is 5.69 Å². The van der Waals surface area contributed by atoms with Crippen molar-refractivity contribution in [1.29, 1.82) is 0 Å². The largest absolute Gasteiger partial charge is 0.313 e. The van der Waals surface area contributed by atoms with Gasteiger partial charge in [0.2, 0.25) is 10.0 Å². The molecule has 0 saturated carbocycles. The van der Waals surface area contributed by atoms with E-state index < -0.39 is 14.9 Å². The summed E-state index contributed by atoms with van der Waals surface area (Å²) in [6.45, 7) is 3.42. The zero-order valence-electron chi connectivity index (χ0n) is 14.9. The van der Waals surface area contributed by atoms with Crippen molar-refractivity contribution >= 4 is 28.1 Å². The molecule has 1 fully saturated rings. The van der Waals surface area contributed by atoms with Crippen molar-refractivity contribution in [2.45, 2.75) is 24.3 Å². The van der Waals surface area contributed by atoms with Gasteiger partial charge in [0.25, 0.3) is 5.69 Å². The summed E-state index contributed by atoms with van der Waals surface area (Å²) in [7, 11) is -3.84. The van der Waals surface area contributed by atoms with Gasteiger partial charge < -0.3 is 5.32 Å². The lowest BCUT2D eigenvalue weighted by atomic mass is 10.0. The highest BCUT2D eigenvalue weighted by atomic mass is 35.5. The number of aryl methyl sites for hydroxylation is 1. The van der Waals surface area contributed by atoms with Crippen LogP contribution in [-0.2, 0) is 16.4 Å². The lowest BCUT2D eigenvalue weighted by Gasteiger charge is -2.35. The van der Waals surface area contributed by atoms with Gasteiger partial charge in [0, 0.05) is 31.8 Å². The maximum absolute atomic E-state index is 13.1. The maximum atomic E-state index is 13.1. The van der Waals surface area contributed by atoms with Gasteiger partial charge in [-0.3, -0.25) is 10.1 Å². The minimum Gasteiger partial charge on any atom is -0.313 e. The molecule has 2 aromatic carbocycles. The smallest absolute Gasteiger partial charge is 0.270 e. The summed E-state index contributed by atoms with van der Waals surface area (Å²) in [5.41, 5.74) is 1.86. The molecule has 0 amide bonds. The predicted molar refractivity (Wildman–Crippen MR) is 106 cm³/mol. The lowest BCUT2D eigenvalue weighted by molar-refractivity contribution is -0.385. The number of nitrogens with zero attached hydrogens (tertiary/aromatic N) is 2. The third-order valence-electron chi connectivity index (χ3n) is 4.60. The molecule has 146 valence electrons. The second kappa shape index (κ2) is 8.79. The van der Waals surface area contributed by atoms with Crippen molar-refractivity contribution in [1.82, 2.24) is 9.62 Å². The van der Waals surface area contributed by atoms with Gasteiger partial charge in [-0.25, -0.2) is 8.42 Å². The molecule has 3 rings (SSSR count). The second-order valence-electron chi connectivity index (χ2n) is 6.19. The van der Waals surface area contributed by atoms with Crippen LogP contribution in [0.1, 0.15) is 24.1 Å². The summed E-state index contributed by atoms with van der Waals surface area (Å²) in [6, 6.07) is 12.8. The SMILES string of the molecule is CCc1ccc(C2CNCCN2S(=O)(=O)c2cccc([N+](=O)[O-])c2)cc1.Cl. The molecule has 0 bridgehead atoms. The fraction of sp³-hybridized carbons (Fsp3) is 0.333. The van der Waals surface area contributed by atoms with Crippen molar-refractivity contribution in [3.05, 3.63) is 69.8 Å². The molecule has 9 heteroatoms. The Morgan fingerprint density at radius 2 is 1.93 bits per heavy atom. The standard InChI is InChI=1S/C18H21N3O4S.ClH/c1-2-14-6-8-15(9-7-14)18-13-19-10-11-20(18)26(24,25)17-5-3-4-16(12-17)21(22)23;/h3-9,12,18-19H,2,10-11,13H2,1H3;1H. The number of non-ortho nitro benzene ring substituents is 1. The van der Waals surface area contributed by atoms with Crippen LogP contribution in [0.2, 0.25) is 0 Å². The average Bonchev–Trinajstić information content (AvgIpc) is 2.68. The molecule has 1 saturated heterocycles. The van der Waals surface area contributed by atoms with E-state index in [-0.39, 0.29) is 29.0 Å². The van der Waals surface area contributed by atoms with Crippen molar-refractivity contribution in [2.24, 2.45) is 0 Å². The van der Waals surface area contributed by atoms with E-state index >= 15 is 0 Å². The second-order valence-corrected chi connectivity index (χ2v) is 8.08. The number of halogens is 1. The Labute approximate surface area is 165 Å². The molecule has 27 heavy (non-hydrogen) atoms. The van der Waals surface area contributed by atoms with Crippen LogP contribution < -0.4 is 5.32 Å². The van der Waals surface area contributed by atoms with Crippen molar-refractivity contribution in [2.75, 3.05) is 19.6 Å². The number of nitrogens with one attached hydrogen (secondary N) is 1. The van der Waals surface area contributed by atoms with Crippen LogP contribution in [0.15, 0.2) is 53.4 Å². The zero-order chi connectivity index (χ0) is 18.7. The number of rotatable bonds is 5. The molecule has 7 nitrogen and oxygen atoms in total. The molecule has 1 N–H and O–H groups in total. The van der Waals surface area contributed by atoms with Crippen molar-refractivity contribution < 1.29 is 13.3 Å². The third-order valence-corrected chi connectivity index (χ3v) is 6.51. The van der Waals surface area contributed by atoms with E-state index in [4.69, 9.17) is 0 Å². The fourth-order valence-electron chi connectivity index (χ4n) is 3.13. The number of sulfonamides is 1. The summed E-state index contributed by atoms with van der Waals surface area (Å²) >= 11 is 0. The first-order valence-corrected chi connectivity index (χ1v) is 9.93. The van der Waals surface area contributed by atoms with E-state index in [0.717, 1.165) is 18.1 Å². The molecular formula is C18H22ClN3O4S. The topological polar surface area (TPSA) is 92.6 Å². The fourth-order valence-corrected chi connectivity index (χ4v) is 4.78. The quantitative estimate of drug-likeness (QED) is 0.603. The lowest BCUT2D eigenvalue weighted by Crippen LogP contribution is -2.48. The molecule has 0 spiro atoms. The molecule has 1 aliphatic heterocycles. The Balaban J connectivity index is 0.00000261. The van der Waals surface area contributed by atoms with Gasteiger partial charge in [0.1, 0.15) is 0 Å². The monoisotopic (exact) mass is 411 g/mol. The number of hydrogen-bond donors (Lipinski definition) is 1. The summed E-state index contributed by atoms with van der Waals surface area (Å²) in [6.07, 6.45) is 0.916. The minimum atomic E-state index is -3.84. The Morgan fingerprint density at radius 3 is 2.56 bits per heavy atom. The summed E-state index contributed by atoms with van der Waals surface area (Å²) < 4.78 is 27.7. The van der Waals surface area contributed by atoms with E-state index in [1.165, 1.54) is 28.1 Å². The number of hydrogen-bond acceptors (Lipinski definition) is 5. The molecule has 1 heterocycles.